The smallest absolute Gasteiger partial charge is 0.151 e. The van der Waals surface area contributed by atoms with Crippen molar-refractivity contribution < 1.29 is 35.1 Å². The van der Waals surface area contributed by atoms with Crippen molar-refractivity contribution in [1.29, 1.82) is 0 Å². The predicted octanol–water partition coefficient (Wildman–Crippen LogP) is -3.61. The van der Waals surface area contributed by atoms with Crippen LogP contribution < -0.4 is 0 Å². The van der Waals surface area contributed by atoms with Crippen LogP contribution in [0.25, 0.3) is 0 Å². The van der Waals surface area contributed by atoms with E-state index in [-0.39, 0.29) is 6.29 Å². The van der Waals surface area contributed by atoms with Crippen molar-refractivity contribution in [3.63, 3.8) is 0 Å². The first-order valence-corrected chi connectivity index (χ1v) is 4.46. The number of ether oxygens (including phenoxy) is 1. The average Bonchev–Trinajstić information content (AvgIpc) is 2.25. The zero-order valence-corrected chi connectivity index (χ0v) is 7.80. The molecule has 1 rings (SSSR count). The minimum atomic E-state index is -1.61. The van der Waals surface area contributed by atoms with Gasteiger partial charge in [0, 0.05) is 0 Å². The number of hydrogen-bond donors (Lipinski definition) is 5. The van der Waals surface area contributed by atoms with Gasteiger partial charge in [-0.1, -0.05) is 0 Å². The van der Waals surface area contributed by atoms with Gasteiger partial charge < -0.3 is 35.1 Å². The maximum atomic E-state index is 10.3. The number of hydrogen-bond acceptors (Lipinski definition) is 7. The fourth-order valence-electron chi connectivity index (χ4n) is 1.49. The molecule has 5 N–H and O–H groups in total. The molecule has 88 valence electrons. The summed E-state index contributed by atoms with van der Waals surface area (Å²) in [4.78, 5) is 10.3. The minimum Gasteiger partial charge on any atom is -0.394 e. The van der Waals surface area contributed by atoms with Crippen LogP contribution in [0.4, 0.5) is 0 Å². The highest BCUT2D eigenvalue weighted by molar-refractivity contribution is 5.56. The van der Waals surface area contributed by atoms with Crippen molar-refractivity contribution in [3.05, 3.63) is 0 Å². The van der Waals surface area contributed by atoms with Crippen molar-refractivity contribution >= 4 is 6.29 Å². The molecule has 15 heavy (non-hydrogen) atoms. The Morgan fingerprint density at radius 3 is 2.27 bits per heavy atom. The maximum Gasteiger partial charge on any atom is 0.151 e. The lowest BCUT2D eigenvalue weighted by Crippen LogP contribution is -2.61. The van der Waals surface area contributed by atoms with E-state index in [2.05, 4.69) is 0 Å². The van der Waals surface area contributed by atoms with Crippen molar-refractivity contribution in [1.82, 2.24) is 0 Å². The molecule has 0 aliphatic carbocycles. The summed E-state index contributed by atoms with van der Waals surface area (Å²) in [6, 6.07) is 0. The molecule has 0 bridgehead atoms. The third kappa shape index (κ3) is 2.33. The Hall–Kier alpha value is -0.570. The van der Waals surface area contributed by atoms with Crippen molar-refractivity contribution in [2.45, 2.75) is 36.6 Å². The molecule has 1 saturated heterocycles. The van der Waals surface area contributed by atoms with Gasteiger partial charge in [0.1, 0.15) is 36.6 Å². The van der Waals surface area contributed by atoms with Crippen LogP contribution in [0.3, 0.4) is 0 Å². The first-order chi connectivity index (χ1) is 7.02. The second-order valence-electron chi connectivity index (χ2n) is 3.42. The molecule has 0 aromatic carbocycles. The summed E-state index contributed by atoms with van der Waals surface area (Å²) < 4.78 is 4.89. The summed E-state index contributed by atoms with van der Waals surface area (Å²) >= 11 is 0. The quantitative estimate of drug-likeness (QED) is 0.312. The van der Waals surface area contributed by atoms with E-state index >= 15 is 0 Å². The van der Waals surface area contributed by atoms with Crippen LogP contribution >= 0.6 is 0 Å². The van der Waals surface area contributed by atoms with Crippen LogP contribution in [-0.2, 0) is 9.53 Å². The van der Waals surface area contributed by atoms with Gasteiger partial charge in [0.15, 0.2) is 6.29 Å². The maximum absolute atomic E-state index is 10.3. The third-order valence-electron chi connectivity index (χ3n) is 2.41. The average molecular weight is 222 g/mol. The highest BCUT2D eigenvalue weighted by Crippen LogP contribution is 2.22. The summed E-state index contributed by atoms with van der Waals surface area (Å²) in [5, 5.41) is 46.0. The highest BCUT2D eigenvalue weighted by atomic mass is 16.6. The van der Waals surface area contributed by atoms with E-state index in [9.17, 15) is 20.1 Å². The van der Waals surface area contributed by atoms with E-state index < -0.39 is 43.2 Å². The molecule has 0 saturated carbocycles. The van der Waals surface area contributed by atoms with Crippen LogP contribution in [0.15, 0.2) is 0 Å². The predicted molar refractivity (Wildman–Crippen MR) is 45.8 cm³/mol. The lowest BCUT2D eigenvalue weighted by Gasteiger charge is -2.40. The molecule has 7 nitrogen and oxygen atoms in total. The number of aldehydes is 1. The molecule has 0 radical (unpaired) electrons. The molecule has 0 aromatic heterocycles. The molecule has 1 heterocycles. The highest BCUT2D eigenvalue weighted by Gasteiger charge is 2.45. The van der Waals surface area contributed by atoms with E-state index in [4.69, 9.17) is 14.9 Å². The molecule has 1 unspecified atom stereocenters. The number of aliphatic hydroxyl groups is 5. The molecule has 0 aromatic rings. The Balaban J connectivity index is 2.78. The standard InChI is InChI=1S/C8H14O7/c9-1-3(11)8-7(14)6(13)5(12)4(2-10)15-8/h1,3-8,10-14H,2H2/t3?,4-,5-,6+,7-,8+/m1/s1. The largest absolute Gasteiger partial charge is 0.394 e. The summed E-state index contributed by atoms with van der Waals surface area (Å²) in [6.07, 6.45) is -8.57. The number of aliphatic hydroxyl groups excluding tert-OH is 5. The van der Waals surface area contributed by atoms with Gasteiger partial charge in [0.05, 0.1) is 6.61 Å². The van der Waals surface area contributed by atoms with Gasteiger partial charge in [-0.05, 0) is 0 Å². The Labute approximate surface area is 85.5 Å². The summed E-state index contributed by atoms with van der Waals surface area (Å²) in [7, 11) is 0. The van der Waals surface area contributed by atoms with Crippen LogP contribution in [0.5, 0.6) is 0 Å². The van der Waals surface area contributed by atoms with Crippen molar-refractivity contribution in [2.24, 2.45) is 0 Å². The number of carbonyl (C=O) groups excluding carboxylic acids is 1. The molecule has 1 fully saturated rings. The lowest BCUT2D eigenvalue weighted by atomic mass is 9.93. The number of carbonyl (C=O) groups is 1. The summed E-state index contributed by atoms with van der Waals surface area (Å²) in [6.45, 7) is -0.590. The van der Waals surface area contributed by atoms with Gasteiger partial charge in [-0.3, -0.25) is 0 Å². The minimum absolute atomic E-state index is 0.146. The SMILES string of the molecule is O=CC(O)[C@@H]1O[C@H](CO)[C@@H](O)[C@H](O)[C@H]1O. The normalized spacial score (nSPS) is 43.7. The van der Waals surface area contributed by atoms with Crippen LogP contribution in [-0.4, -0.2) is 75.0 Å². The molecular weight excluding hydrogens is 208 g/mol. The Morgan fingerprint density at radius 1 is 1.20 bits per heavy atom. The molecular formula is C8H14O7. The zero-order chi connectivity index (χ0) is 11.6. The molecule has 1 aliphatic rings. The van der Waals surface area contributed by atoms with E-state index in [0.717, 1.165) is 0 Å². The monoisotopic (exact) mass is 222 g/mol. The first-order valence-electron chi connectivity index (χ1n) is 4.46. The van der Waals surface area contributed by atoms with Gasteiger partial charge in [0.25, 0.3) is 0 Å². The topological polar surface area (TPSA) is 127 Å². The van der Waals surface area contributed by atoms with E-state index in [1.165, 1.54) is 0 Å². The molecule has 1 aliphatic heterocycles. The molecule has 0 spiro atoms. The Kier molecular flexibility index (Phi) is 4.14. The zero-order valence-electron chi connectivity index (χ0n) is 7.80. The summed E-state index contributed by atoms with van der Waals surface area (Å²) in [5.74, 6) is 0. The Morgan fingerprint density at radius 2 is 1.80 bits per heavy atom. The van der Waals surface area contributed by atoms with Crippen molar-refractivity contribution in [2.75, 3.05) is 6.61 Å². The summed E-state index contributed by atoms with van der Waals surface area (Å²) in [5.41, 5.74) is 0. The second kappa shape index (κ2) is 4.97. The van der Waals surface area contributed by atoms with Gasteiger partial charge in [-0.15, -0.1) is 0 Å². The molecule has 6 atom stereocenters. The number of rotatable bonds is 3. The van der Waals surface area contributed by atoms with Crippen LogP contribution in [0.2, 0.25) is 0 Å². The third-order valence-corrected chi connectivity index (χ3v) is 2.41. The fourth-order valence-corrected chi connectivity index (χ4v) is 1.49. The van der Waals surface area contributed by atoms with E-state index in [1.807, 2.05) is 0 Å². The van der Waals surface area contributed by atoms with Gasteiger partial charge >= 0.3 is 0 Å². The van der Waals surface area contributed by atoms with Gasteiger partial charge in [-0.2, -0.15) is 0 Å². The Bertz CT molecular complexity index is 219. The second-order valence-corrected chi connectivity index (χ2v) is 3.42. The van der Waals surface area contributed by atoms with E-state index in [0.29, 0.717) is 0 Å². The lowest BCUT2D eigenvalue weighted by molar-refractivity contribution is -0.245. The van der Waals surface area contributed by atoms with Crippen LogP contribution in [0.1, 0.15) is 0 Å². The first kappa shape index (κ1) is 12.5. The van der Waals surface area contributed by atoms with Crippen molar-refractivity contribution in [3.8, 4) is 0 Å². The van der Waals surface area contributed by atoms with Crippen LogP contribution in [0, 0.1) is 0 Å². The van der Waals surface area contributed by atoms with Gasteiger partial charge in [-0.25, -0.2) is 0 Å². The van der Waals surface area contributed by atoms with Gasteiger partial charge in [0.2, 0.25) is 0 Å². The molecule has 0 amide bonds. The fraction of sp³-hybridized carbons (Fsp3) is 0.875. The van der Waals surface area contributed by atoms with E-state index in [1.54, 1.807) is 0 Å². The molecule has 7 heteroatoms.